The van der Waals surface area contributed by atoms with Crippen LogP contribution in [0.4, 0.5) is 13.2 Å². The molecule has 1 fully saturated rings. The fourth-order valence-corrected chi connectivity index (χ4v) is 2.28. The topological polar surface area (TPSA) is 12.0 Å². The van der Waals surface area contributed by atoms with E-state index in [-0.39, 0.29) is 0 Å². The lowest BCUT2D eigenvalue weighted by Crippen LogP contribution is -2.29. The maximum atomic E-state index is 12.5. The summed E-state index contributed by atoms with van der Waals surface area (Å²) >= 11 is 0. The summed E-state index contributed by atoms with van der Waals surface area (Å²) in [6, 6.07) is 6.25. The van der Waals surface area contributed by atoms with Gasteiger partial charge in [0.25, 0.3) is 0 Å². The third-order valence-electron chi connectivity index (χ3n) is 3.97. The lowest BCUT2D eigenvalue weighted by atomic mass is 9.89. The zero-order chi connectivity index (χ0) is 14.8. The van der Waals surface area contributed by atoms with Crippen molar-refractivity contribution in [2.45, 2.75) is 45.3 Å². The molecule has 0 spiro atoms. The van der Waals surface area contributed by atoms with Gasteiger partial charge in [-0.15, -0.1) is 0 Å². The van der Waals surface area contributed by atoms with Gasteiger partial charge in [0.05, 0.1) is 5.56 Å². The molecule has 0 aliphatic heterocycles. The van der Waals surface area contributed by atoms with Gasteiger partial charge in [0.15, 0.2) is 0 Å². The van der Waals surface area contributed by atoms with Crippen molar-refractivity contribution in [3.63, 3.8) is 0 Å². The van der Waals surface area contributed by atoms with E-state index in [4.69, 9.17) is 0 Å². The largest absolute Gasteiger partial charge is 0.416 e. The van der Waals surface area contributed by atoms with Crippen LogP contribution in [0, 0.1) is 11.8 Å². The van der Waals surface area contributed by atoms with Gasteiger partial charge in [-0.2, -0.15) is 13.2 Å². The summed E-state index contributed by atoms with van der Waals surface area (Å²) in [7, 11) is 0. The van der Waals surface area contributed by atoms with E-state index in [1.807, 2.05) is 0 Å². The highest BCUT2D eigenvalue weighted by molar-refractivity contribution is 5.25. The van der Waals surface area contributed by atoms with E-state index in [0.717, 1.165) is 18.5 Å². The summed E-state index contributed by atoms with van der Waals surface area (Å²) in [5.74, 6) is 0.982. The third-order valence-corrected chi connectivity index (χ3v) is 3.97. The molecule has 0 bridgehead atoms. The molecule has 0 aromatic heterocycles. The Morgan fingerprint density at radius 3 is 2.20 bits per heavy atom. The summed E-state index contributed by atoms with van der Waals surface area (Å²) in [6.45, 7) is 5.29. The molecule has 1 N–H and O–H groups in total. The van der Waals surface area contributed by atoms with Crippen LogP contribution in [0.2, 0.25) is 0 Å². The van der Waals surface area contributed by atoms with Crippen molar-refractivity contribution < 1.29 is 13.2 Å². The maximum absolute atomic E-state index is 12.5. The molecule has 1 atom stereocenters. The highest BCUT2D eigenvalue weighted by Gasteiger charge is 2.30. The van der Waals surface area contributed by atoms with Gasteiger partial charge in [0.2, 0.25) is 0 Å². The van der Waals surface area contributed by atoms with Crippen LogP contribution in [-0.2, 0) is 12.6 Å². The molecule has 2 rings (SSSR count). The van der Waals surface area contributed by atoms with E-state index in [1.54, 1.807) is 12.1 Å². The number of halogens is 3. The molecule has 0 radical (unpaired) electrons. The minimum atomic E-state index is -4.25. The fraction of sp³-hybridized carbons (Fsp3) is 0.625. The molecule has 1 nitrogen and oxygen atoms in total. The van der Waals surface area contributed by atoms with Crippen LogP contribution < -0.4 is 5.32 Å². The molecule has 1 saturated carbocycles. The molecular weight excluding hydrogens is 263 g/mol. The Balaban J connectivity index is 1.95. The number of nitrogens with one attached hydrogen (secondary N) is 1. The Labute approximate surface area is 118 Å². The van der Waals surface area contributed by atoms with Crippen LogP contribution in [0.5, 0.6) is 0 Å². The van der Waals surface area contributed by atoms with E-state index in [2.05, 4.69) is 19.2 Å². The van der Waals surface area contributed by atoms with Crippen LogP contribution in [0.25, 0.3) is 0 Å². The summed E-state index contributed by atoms with van der Waals surface area (Å²) in [6.07, 6.45) is -0.908. The van der Waals surface area contributed by atoms with Crippen LogP contribution >= 0.6 is 0 Å². The number of rotatable bonds is 6. The first-order valence-corrected chi connectivity index (χ1v) is 7.26. The van der Waals surface area contributed by atoms with Crippen molar-refractivity contribution in [3.8, 4) is 0 Å². The zero-order valence-electron chi connectivity index (χ0n) is 12.0. The van der Waals surface area contributed by atoms with E-state index >= 15 is 0 Å². The number of alkyl halides is 3. The van der Waals surface area contributed by atoms with E-state index in [9.17, 15) is 13.2 Å². The van der Waals surface area contributed by atoms with Crippen LogP contribution in [-0.4, -0.2) is 12.6 Å². The molecule has 1 aromatic rings. The molecule has 20 heavy (non-hydrogen) atoms. The first-order chi connectivity index (χ1) is 9.36. The quantitative estimate of drug-likeness (QED) is 0.823. The van der Waals surface area contributed by atoms with E-state index < -0.39 is 11.7 Å². The molecule has 0 amide bonds. The lowest BCUT2D eigenvalue weighted by molar-refractivity contribution is -0.137. The molecule has 4 heteroatoms. The smallest absolute Gasteiger partial charge is 0.314 e. The summed E-state index contributed by atoms with van der Waals surface area (Å²) < 4.78 is 37.6. The van der Waals surface area contributed by atoms with Gasteiger partial charge in [-0.1, -0.05) is 26.0 Å². The number of hydrogen-bond acceptors (Lipinski definition) is 1. The SMILES string of the molecule is CC(C)C(CNC1CC1)Cc1ccc(C(F)(F)F)cc1. The second kappa shape index (κ2) is 6.17. The van der Waals surface area contributed by atoms with Crippen molar-refractivity contribution in [2.24, 2.45) is 11.8 Å². The third kappa shape index (κ3) is 4.51. The predicted octanol–water partition coefficient (Wildman–Crippen LogP) is 4.27. The first kappa shape index (κ1) is 15.4. The minimum absolute atomic E-state index is 0.465. The van der Waals surface area contributed by atoms with Crippen molar-refractivity contribution in [1.29, 1.82) is 0 Å². The summed E-state index contributed by atoms with van der Waals surface area (Å²) in [5, 5.41) is 3.51. The van der Waals surface area contributed by atoms with Crippen LogP contribution in [0.1, 0.15) is 37.8 Å². The van der Waals surface area contributed by atoms with Gasteiger partial charge in [0.1, 0.15) is 0 Å². The van der Waals surface area contributed by atoms with Gasteiger partial charge in [0, 0.05) is 6.04 Å². The Kier molecular flexibility index (Phi) is 4.74. The fourth-order valence-electron chi connectivity index (χ4n) is 2.28. The maximum Gasteiger partial charge on any atom is 0.416 e. The lowest BCUT2D eigenvalue weighted by Gasteiger charge is -2.21. The van der Waals surface area contributed by atoms with Gasteiger partial charge in [-0.3, -0.25) is 0 Å². The predicted molar refractivity (Wildman–Crippen MR) is 74.5 cm³/mol. The average molecular weight is 285 g/mol. The Morgan fingerprint density at radius 1 is 1.15 bits per heavy atom. The minimum Gasteiger partial charge on any atom is -0.314 e. The average Bonchev–Trinajstić information content (AvgIpc) is 3.17. The van der Waals surface area contributed by atoms with Crippen LogP contribution in [0.3, 0.4) is 0 Å². The summed E-state index contributed by atoms with van der Waals surface area (Å²) in [5.41, 5.74) is 0.410. The van der Waals surface area contributed by atoms with Gasteiger partial charge >= 0.3 is 6.18 Å². The Hall–Kier alpha value is -1.03. The molecule has 1 aliphatic carbocycles. The molecule has 1 aromatic carbocycles. The normalized spacial score (nSPS) is 17.5. The van der Waals surface area contributed by atoms with E-state index in [1.165, 1.54) is 25.0 Å². The highest BCUT2D eigenvalue weighted by Crippen LogP contribution is 2.29. The molecule has 112 valence electrons. The second-order valence-corrected chi connectivity index (χ2v) is 6.09. The molecule has 0 saturated heterocycles. The molecule has 1 unspecified atom stereocenters. The Bertz CT molecular complexity index is 418. The second-order valence-electron chi connectivity index (χ2n) is 6.09. The van der Waals surface area contributed by atoms with Gasteiger partial charge in [-0.05, 0) is 55.3 Å². The Morgan fingerprint density at radius 2 is 1.75 bits per heavy atom. The molecule has 1 aliphatic rings. The molecular formula is C16H22F3N. The highest BCUT2D eigenvalue weighted by atomic mass is 19.4. The first-order valence-electron chi connectivity index (χ1n) is 7.26. The van der Waals surface area contributed by atoms with Crippen molar-refractivity contribution in [3.05, 3.63) is 35.4 Å². The van der Waals surface area contributed by atoms with Crippen LogP contribution in [0.15, 0.2) is 24.3 Å². The number of benzene rings is 1. The van der Waals surface area contributed by atoms with Crippen molar-refractivity contribution in [2.75, 3.05) is 6.54 Å². The zero-order valence-corrected chi connectivity index (χ0v) is 12.0. The van der Waals surface area contributed by atoms with Crippen molar-refractivity contribution in [1.82, 2.24) is 5.32 Å². The van der Waals surface area contributed by atoms with Crippen molar-refractivity contribution >= 4 is 0 Å². The number of hydrogen-bond donors (Lipinski definition) is 1. The standard InChI is InChI=1S/C16H22F3N/c1-11(2)13(10-20-15-7-8-15)9-12-3-5-14(6-4-12)16(17,18)19/h3-6,11,13,15,20H,7-10H2,1-2H3. The van der Waals surface area contributed by atoms with Gasteiger partial charge in [-0.25, -0.2) is 0 Å². The van der Waals surface area contributed by atoms with E-state index in [0.29, 0.717) is 17.9 Å². The molecule has 0 heterocycles. The monoisotopic (exact) mass is 285 g/mol. The summed E-state index contributed by atoms with van der Waals surface area (Å²) in [4.78, 5) is 0. The van der Waals surface area contributed by atoms with Gasteiger partial charge < -0.3 is 5.32 Å².